The number of allylic oxidation sites excluding steroid dienone is 2. The maximum absolute atomic E-state index is 5.63. The average molecular weight is 363 g/mol. The van der Waals surface area contributed by atoms with Crippen LogP contribution in [0.1, 0.15) is 39.2 Å². The molecule has 1 aliphatic heterocycles. The predicted octanol–water partition coefficient (Wildman–Crippen LogP) is 4.04. The molecule has 0 unspecified atom stereocenters. The molecule has 0 bridgehead atoms. The molecule has 0 aromatic carbocycles. The Hall–Kier alpha value is -1.79. The van der Waals surface area contributed by atoms with Crippen LogP contribution in [-0.4, -0.2) is 28.3 Å². The van der Waals surface area contributed by atoms with Crippen LogP contribution < -0.4 is 5.32 Å². The highest BCUT2D eigenvalue weighted by atomic mass is 32.1. The van der Waals surface area contributed by atoms with E-state index in [-0.39, 0.29) is 5.92 Å². The minimum absolute atomic E-state index is 0.155. The summed E-state index contributed by atoms with van der Waals surface area (Å²) in [7, 11) is 0. The van der Waals surface area contributed by atoms with E-state index in [2.05, 4.69) is 10.3 Å². The van der Waals surface area contributed by atoms with E-state index in [4.69, 9.17) is 33.9 Å². The molecular formula is C18H22N2O2S2. The molecular weight excluding hydrogens is 340 g/mol. The van der Waals surface area contributed by atoms with Crippen molar-refractivity contribution in [2.45, 2.75) is 33.6 Å². The third-order valence-electron chi connectivity index (χ3n) is 3.77. The molecule has 6 heteroatoms. The number of rotatable bonds is 5. The Bertz CT molecular complexity index is 656. The lowest BCUT2D eigenvalue weighted by atomic mass is 9.81. The van der Waals surface area contributed by atoms with E-state index in [0.717, 1.165) is 28.1 Å². The molecule has 24 heavy (non-hydrogen) atoms. The molecule has 1 aromatic rings. The van der Waals surface area contributed by atoms with Gasteiger partial charge in [-0.15, -0.1) is 0 Å². The van der Waals surface area contributed by atoms with E-state index >= 15 is 0 Å². The number of thiocarbonyl (C=S) groups is 2. The fourth-order valence-electron chi connectivity index (χ4n) is 2.83. The first-order chi connectivity index (χ1) is 11.5. The van der Waals surface area contributed by atoms with Crippen LogP contribution in [0.2, 0.25) is 0 Å². The molecule has 2 heterocycles. The summed E-state index contributed by atoms with van der Waals surface area (Å²) in [5.41, 5.74) is 4.74. The van der Waals surface area contributed by atoms with Crippen molar-refractivity contribution < 1.29 is 9.47 Å². The number of ether oxygens (including phenoxy) is 2. The smallest absolute Gasteiger partial charge is 0.189 e. The van der Waals surface area contributed by atoms with Crippen molar-refractivity contribution in [3.63, 3.8) is 0 Å². The average Bonchev–Trinajstić information content (AvgIpc) is 2.55. The lowest BCUT2D eigenvalue weighted by Gasteiger charge is -2.32. The summed E-state index contributed by atoms with van der Waals surface area (Å²) in [6.07, 6.45) is 3.58. The molecule has 0 spiro atoms. The van der Waals surface area contributed by atoms with Crippen LogP contribution in [0.4, 0.5) is 0 Å². The van der Waals surface area contributed by atoms with Gasteiger partial charge < -0.3 is 14.8 Å². The number of nitrogens with zero attached hydrogens (tertiary/aromatic N) is 1. The first-order valence-electron chi connectivity index (χ1n) is 7.93. The Morgan fingerprint density at radius 2 is 1.62 bits per heavy atom. The zero-order valence-corrected chi connectivity index (χ0v) is 16.0. The van der Waals surface area contributed by atoms with Gasteiger partial charge >= 0.3 is 0 Å². The van der Waals surface area contributed by atoms with Crippen molar-refractivity contribution in [3.8, 4) is 0 Å². The zero-order chi connectivity index (χ0) is 17.7. The molecule has 2 rings (SSSR count). The molecule has 0 saturated carbocycles. The van der Waals surface area contributed by atoms with Crippen LogP contribution in [0.25, 0.3) is 0 Å². The highest BCUT2D eigenvalue weighted by Crippen LogP contribution is 2.39. The van der Waals surface area contributed by atoms with Gasteiger partial charge in [0.15, 0.2) is 10.1 Å². The van der Waals surface area contributed by atoms with Crippen molar-refractivity contribution in [2.24, 2.45) is 0 Å². The van der Waals surface area contributed by atoms with Crippen molar-refractivity contribution in [1.82, 2.24) is 10.3 Å². The standard InChI is InChI=1S/C18H22N2O2S2/c1-5-21-17(23)14-11(3)20-12(4)15(18(24)22-6-2)16(14)13-8-7-9-19-10-13/h7-10,16,20H,5-6H2,1-4H3. The van der Waals surface area contributed by atoms with Crippen LogP contribution in [0.5, 0.6) is 0 Å². The van der Waals surface area contributed by atoms with Crippen LogP contribution >= 0.6 is 24.4 Å². The van der Waals surface area contributed by atoms with Crippen LogP contribution in [0.3, 0.4) is 0 Å². The molecule has 0 saturated heterocycles. The number of nitrogens with one attached hydrogen (secondary N) is 1. The van der Waals surface area contributed by atoms with Crippen LogP contribution in [0, 0.1) is 0 Å². The molecule has 4 nitrogen and oxygen atoms in total. The van der Waals surface area contributed by atoms with E-state index in [1.54, 1.807) is 6.20 Å². The third-order valence-corrected chi connectivity index (χ3v) is 4.44. The highest BCUT2D eigenvalue weighted by Gasteiger charge is 2.34. The van der Waals surface area contributed by atoms with Gasteiger partial charge in [-0.3, -0.25) is 4.98 Å². The van der Waals surface area contributed by atoms with E-state index < -0.39 is 0 Å². The van der Waals surface area contributed by atoms with Gasteiger partial charge in [-0.25, -0.2) is 0 Å². The van der Waals surface area contributed by atoms with Crippen LogP contribution in [-0.2, 0) is 9.47 Å². The topological polar surface area (TPSA) is 43.4 Å². The second kappa shape index (κ2) is 8.35. The Labute approximate surface area is 154 Å². The number of pyridine rings is 1. The van der Waals surface area contributed by atoms with Crippen molar-refractivity contribution in [2.75, 3.05) is 13.2 Å². The first-order valence-corrected chi connectivity index (χ1v) is 8.75. The van der Waals surface area contributed by atoms with Crippen molar-refractivity contribution in [3.05, 3.63) is 52.6 Å². The Kier molecular flexibility index (Phi) is 6.45. The van der Waals surface area contributed by atoms with Crippen LogP contribution in [0.15, 0.2) is 47.1 Å². The zero-order valence-electron chi connectivity index (χ0n) is 14.4. The second-order valence-corrected chi connectivity index (χ2v) is 6.10. The highest BCUT2D eigenvalue weighted by molar-refractivity contribution is 7.80. The van der Waals surface area contributed by atoms with Gasteiger partial charge in [-0.05, 0) is 63.8 Å². The largest absolute Gasteiger partial charge is 0.483 e. The summed E-state index contributed by atoms with van der Waals surface area (Å²) in [6, 6.07) is 3.93. The Morgan fingerprint density at radius 3 is 2.04 bits per heavy atom. The fraction of sp³-hybridized carbons (Fsp3) is 0.389. The Morgan fingerprint density at radius 1 is 1.08 bits per heavy atom. The monoisotopic (exact) mass is 362 g/mol. The van der Waals surface area contributed by atoms with Gasteiger partial charge in [0.1, 0.15) is 0 Å². The molecule has 0 aliphatic carbocycles. The maximum atomic E-state index is 5.63. The number of aromatic nitrogens is 1. The Balaban J connectivity index is 2.59. The van der Waals surface area contributed by atoms with Crippen molar-refractivity contribution in [1.29, 1.82) is 0 Å². The molecule has 128 valence electrons. The lowest BCUT2D eigenvalue weighted by Crippen LogP contribution is -2.31. The fourth-order valence-corrected chi connectivity index (χ4v) is 3.61. The number of hydrogen-bond acceptors (Lipinski definition) is 6. The molecule has 0 fully saturated rings. The minimum Gasteiger partial charge on any atom is -0.483 e. The van der Waals surface area contributed by atoms with Gasteiger partial charge in [0, 0.05) is 40.9 Å². The molecule has 1 aliphatic rings. The van der Waals surface area contributed by atoms with Gasteiger partial charge in [0.2, 0.25) is 0 Å². The van der Waals surface area contributed by atoms with Gasteiger partial charge in [-0.1, -0.05) is 6.07 Å². The minimum atomic E-state index is -0.155. The second-order valence-electron chi connectivity index (χ2n) is 5.36. The van der Waals surface area contributed by atoms with Crippen molar-refractivity contribution >= 4 is 34.5 Å². The van der Waals surface area contributed by atoms with Gasteiger partial charge in [0.25, 0.3) is 0 Å². The van der Waals surface area contributed by atoms with E-state index in [1.165, 1.54) is 0 Å². The van der Waals surface area contributed by atoms with Gasteiger partial charge in [0.05, 0.1) is 13.2 Å². The third kappa shape index (κ3) is 3.82. The molecule has 0 amide bonds. The quantitative estimate of drug-likeness (QED) is 0.798. The summed E-state index contributed by atoms with van der Waals surface area (Å²) in [5, 5.41) is 4.31. The molecule has 1 N–H and O–H groups in total. The summed E-state index contributed by atoms with van der Waals surface area (Å²) in [5.74, 6) is -0.155. The molecule has 0 atom stereocenters. The summed E-state index contributed by atoms with van der Waals surface area (Å²) in [6.45, 7) is 8.86. The van der Waals surface area contributed by atoms with Gasteiger partial charge in [-0.2, -0.15) is 0 Å². The summed E-state index contributed by atoms with van der Waals surface area (Å²) >= 11 is 11.0. The predicted molar refractivity (Wildman–Crippen MR) is 104 cm³/mol. The summed E-state index contributed by atoms with van der Waals surface area (Å²) in [4.78, 5) is 4.26. The number of hydrogen-bond donors (Lipinski definition) is 1. The van der Waals surface area contributed by atoms with E-state index in [9.17, 15) is 0 Å². The van der Waals surface area contributed by atoms with E-state index in [0.29, 0.717) is 23.3 Å². The summed E-state index contributed by atoms with van der Waals surface area (Å²) < 4.78 is 11.3. The molecule has 1 aromatic heterocycles. The molecule has 0 radical (unpaired) electrons. The number of dihydropyridines is 1. The normalized spacial score (nSPS) is 15.2. The SMILES string of the molecule is CCOC(=S)C1=C(C)NC(C)=C(C(=S)OCC)C1c1cccnc1. The van der Waals surface area contributed by atoms with E-state index in [1.807, 2.05) is 46.0 Å². The first kappa shape index (κ1) is 18.5. The lowest BCUT2D eigenvalue weighted by molar-refractivity contribution is 0.330. The maximum Gasteiger partial charge on any atom is 0.189 e.